The van der Waals surface area contributed by atoms with Crippen LogP contribution in [0.1, 0.15) is 51.2 Å². The van der Waals surface area contributed by atoms with Gasteiger partial charge in [-0.25, -0.2) is 8.42 Å². The number of nitrogens with zero attached hydrogens (tertiary/aromatic N) is 1. The normalized spacial score (nSPS) is 16.9. The van der Waals surface area contributed by atoms with E-state index >= 15 is 0 Å². The average Bonchev–Trinajstić information content (AvgIpc) is 2.86. The number of hydrogen-bond donors (Lipinski definition) is 2. The van der Waals surface area contributed by atoms with E-state index < -0.39 is 16.1 Å². The summed E-state index contributed by atoms with van der Waals surface area (Å²) in [7, 11) is -3.58. The van der Waals surface area contributed by atoms with E-state index in [2.05, 4.69) is 22.8 Å². The Bertz CT molecular complexity index is 1110. The van der Waals surface area contributed by atoms with Crippen molar-refractivity contribution in [3.63, 3.8) is 0 Å². The number of rotatable bonds is 10. The fraction of sp³-hybridized carbons (Fsp3) is 0.500. The van der Waals surface area contributed by atoms with E-state index in [-0.39, 0.29) is 47.7 Å². The molecule has 0 radical (unpaired) electrons. The van der Waals surface area contributed by atoms with Gasteiger partial charge in [0.15, 0.2) is 0 Å². The summed E-state index contributed by atoms with van der Waals surface area (Å²) < 4.78 is 27.3. The Balaban J connectivity index is 1.51. The highest BCUT2D eigenvalue weighted by molar-refractivity contribution is 7.89. The van der Waals surface area contributed by atoms with Crippen molar-refractivity contribution in [2.75, 3.05) is 13.1 Å². The number of amides is 2. The molecule has 1 aliphatic heterocycles. The van der Waals surface area contributed by atoms with Gasteiger partial charge in [0.2, 0.25) is 21.8 Å². The van der Waals surface area contributed by atoms with Crippen molar-refractivity contribution in [3.05, 3.63) is 65.7 Å². The molecular formula is C28H39N3O4S. The molecule has 3 rings (SSSR count). The maximum absolute atomic E-state index is 13.0. The van der Waals surface area contributed by atoms with Crippen LogP contribution in [0.3, 0.4) is 0 Å². The van der Waals surface area contributed by atoms with Crippen molar-refractivity contribution in [2.45, 2.75) is 70.4 Å². The van der Waals surface area contributed by atoms with E-state index in [4.69, 9.17) is 0 Å². The lowest BCUT2D eigenvalue weighted by molar-refractivity contribution is -0.133. The fourth-order valence-electron chi connectivity index (χ4n) is 4.46. The van der Waals surface area contributed by atoms with E-state index in [0.29, 0.717) is 12.8 Å². The van der Waals surface area contributed by atoms with Crippen LogP contribution in [0.5, 0.6) is 0 Å². The number of hydrogen-bond acceptors (Lipinski definition) is 4. The third-order valence-electron chi connectivity index (χ3n) is 6.83. The first-order valence-electron chi connectivity index (χ1n) is 12.8. The summed E-state index contributed by atoms with van der Waals surface area (Å²) in [6, 6.07) is 16.3. The van der Waals surface area contributed by atoms with Crippen molar-refractivity contribution in [3.8, 4) is 0 Å². The SMILES string of the molecule is Cc1ccc(S(=O)(=O)N2CCC(C(=O)NC(C(=O)NC(C)CCc3ccccc3)C(C)C)CC2)cc1. The van der Waals surface area contributed by atoms with Crippen LogP contribution in [0.25, 0.3) is 0 Å². The Morgan fingerprint density at radius 3 is 2.14 bits per heavy atom. The molecule has 36 heavy (non-hydrogen) atoms. The second-order valence-electron chi connectivity index (χ2n) is 10.2. The first-order valence-corrected chi connectivity index (χ1v) is 14.2. The number of carbonyl (C=O) groups excluding carboxylic acids is 2. The molecule has 2 aromatic carbocycles. The van der Waals surface area contributed by atoms with Crippen LogP contribution >= 0.6 is 0 Å². The third-order valence-corrected chi connectivity index (χ3v) is 8.74. The topological polar surface area (TPSA) is 95.6 Å². The molecule has 1 aliphatic rings. The van der Waals surface area contributed by atoms with Gasteiger partial charge >= 0.3 is 0 Å². The molecule has 2 N–H and O–H groups in total. The van der Waals surface area contributed by atoms with Crippen LogP contribution in [0.4, 0.5) is 0 Å². The number of sulfonamides is 1. The van der Waals surface area contributed by atoms with E-state index in [9.17, 15) is 18.0 Å². The molecule has 2 unspecified atom stereocenters. The van der Waals surface area contributed by atoms with Crippen LogP contribution in [0.2, 0.25) is 0 Å². The van der Waals surface area contributed by atoms with Gasteiger partial charge in [-0.3, -0.25) is 9.59 Å². The molecule has 2 atom stereocenters. The highest BCUT2D eigenvalue weighted by Crippen LogP contribution is 2.24. The zero-order chi connectivity index (χ0) is 26.3. The third kappa shape index (κ3) is 7.40. The lowest BCUT2D eigenvalue weighted by atomic mass is 9.95. The Hall–Kier alpha value is -2.71. The minimum Gasteiger partial charge on any atom is -0.352 e. The summed E-state index contributed by atoms with van der Waals surface area (Å²) in [5.41, 5.74) is 2.22. The van der Waals surface area contributed by atoms with E-state index in [1.165, 1.54) is 9.87 Å². The Morgan fingerprint density at radius 2 is 1.56 bits per heavy atom. The second kappa shape index (κ2) is 12.5. The summed E-state index contributed by atoms with van der Waals surface area (Å²) >= 11 is 0. The molecule has 0 aromatic heterocycles. The molecule has 7 nitrogen and oxygen atoms in total. The van der Waals surface area contributed by atoms with Gasteiger partial charge in [0.05, 0.1) is 4.90 Å². The van der Waals surface area contributed by atoms with Gasteiger partial charge in [-0.05, 0) is 63.1 Å². The molecule has 196 valence electrons. The molecule has 2 amide bonds. The lowest BCUT2D eigenvalue weighted by Gasteiger charge is -2.32. The number of benzene rings is 2. The van der Waals surface area contributed by atoms with Crippen LogP contribution in [0.15, 0.2) is 59.5 Å². The van der Waals surface area contributed by atoms with E-state index in [0.717, 1.165) is 18.4 Å². The molecule has 0 bridgehead atoms. The standard InChI is InChI=1S/C28H39N3O4S/c1-20(2)26(28(33)29-22(4)12-13-23-8-6-5-7-9-23)30-27(32)24-16-18-31(19-17-24)36(34,35)25-14-10-21(3)11-15-25/h5-11,14-15,20,22,24,26H,12-13,16-19H2,1-4H3,(H,29,33)(H,30,32). The summed E-state index contributed by atoms with van der Waals surface area (Å²) in [6.07, 6.45) is 2.53. The number of nitrogens with one attached hydrogen (secondary N) is 2. The molecular weight excluding hydrogens is 474 g/mol. The zero-order valence-electron chi connectivity index (χ0n) is 21.7. The van der Waals surface area contributed by atoms with Crippen LogP contribution in [-0.4, -0.2) is 49.7 Å². The van der Waals surface area contributed by atoms with Crippen LogP contribution < -0.4 is 10.6 Å². The molecule has 0 aliphatic carbocycles. The van der Waals surface area contributed by atoms with Gasteiger partial charge in [0, 0.05) is 25.0 Å². The molecule has 0 saturated carbocycles. The summed E-state index contributed by atoms with van der Waals surface area (Å²) in [6.45, 7) is 8.28. The fourth-order valence-corrected chi connectivity index (χ4v) is 5.93. The zero-order valence-corrected chi connectivity index (χ0v) is 22.6. The number of carbonyl (C=O) groups is 2. The summed E-state index contributed by atoms with van der Waals surface area (Å²) in [5.74, 6) is -0.761. The summed E-state index contributed by atoms with van der Waals surface area (Å²) in [5, 5.41) is 5.99. The minimum absolute atomic E-state index is 0.0222. The molecule has 1 saturated heterocycles. The Labute approximate surface area is 215 Å². The quantitative estimate of drug-likeness (QED) is 0.507. The maximum Gasteiger partial charge on any atom is 0.243 e. The van der Waals surface area contributed by atoms with Gasteiger partial charge in [0.25, 0.3) is 0 Å². The van der Waals surface area contributed by atoms with Crippen molar-refractivity contribution in [1.82, 2.24) is 14.9 Å². The van der Waals surface area contributed by atoms with Gasteiger partial charge in [0.1, 0.15) is 6.04 Å². The highest BCUT2D eigenvalue weighted by Gasteiger charge is 2.34. The minimum atomic E-state index is -3.58. The monoisotopic (exact) mass is 513 g/mol. The largest absolute Gasteiger partial charge is 0.352 e. The van der Waals surface area contributed by atoms with Crippen molar-refractivity contribution < 1.29 is 18.0 Å². The van der Waals surface area contributed by atoms with Crippen LogP contribution in [0, 0.1) is 18.8 Å². The molecule has 1 fully saturated rings. The average molecular weight is 514 g/mol. The summed E-state index contributed by atoms with van der Waals surface area (Å²) in [4.78, 5) is 26.3. The van der Waals surface area contributed by atoms with Crippen molar-refractivity contribution in [2.24, 2.45) is 11.8 Å². The smallest absolute Gasteiger partial charge is 0.243 e. The molecule has 2 aromatic rings. The Morgan fingerprint density at radius 1 is 0.944 bits per heavy atom. The number of piperidine rings is 1. The number of aryl methyl sites for hydroxylation is 2. The van der Waals surface area contributed by atoms with Crippen molar-refractivity contribution >= 4 is 21.8 Å². The molecule has 8 heteroatoms. The van der Waals surface area contributed by atoms with Crippen LogP contribution in [-0.2, 0) is 26.0 Å². The molecule has 0 spiro atoms. The van der Waals surface area contributed by atoms with Gasteiger partial charge in [-0.15, -0.1) is 0 Å². The maximum atomic E-state index is 13.0. The second-order valence-corrected chi connectivity index (χ2v) is 12.1. The molecule has 1 heterocycles. The predicted octanol–water partition coefficient (Wildman–Crippen LogP) is 3.67. The Kier molecular flexibility index (Phi) is 9.68. The first kappa shape index (κ1) is 27.9. The van der Waals surface area contributed by atoms with Gasteiger partial charge < -0.3 is 10.6 Å². The van der Waals surface area contributed by atoms with Gasteiger partial charge in [-0.2, -0.15) is 4.31 Å². The van der Waals surface area contributed by atoms with E-state index in [1.54, 1.807) is 24.3 Å². The lowest BCUT2D eigenvalue weighted by Crippen LogP contribution is -2.53. The predicted molar refractivity (Wildman–Crippen MR) is 142 cm³/mol. The van der Waals surface area contributed by atoms with Crippen molar-refractivity contribution in [1.29, 1.82) is 0 Å². The highest BCUT2D eigenvalue weighted by atomic mass is 32.2. The van der Waals surface area contributed by atoms with Gasteiger partial charge in [-0.1, -0.05) is 61.9 Å². The van der Waals surface area contributed by atoms with E-state index in [1.807, 2.05) is 45.9 Å². The first-order chi connectivity index (χ1) is 17.1.